The van der Waals surface area contributed by atoms with Gasteiger partial charge in [0.05, 0.1) is 0 Å². The lowest BCUT2D eigenvalue weighted by Gasteiger charge is -2.20. The van der Waals surface area contributed by atoms with Crippen LogP contribution < -0.4 is 9.61 Å². The van der Waals surface area contributed by atoms with Gasteiger partial charge in [-0.05, 0) is 26.0 Å². The minimum absolute atomic E-state index is 0.399. The summed E-state index contributed by atoms with van der Waals surface area (Å²) in [6, 6.07) is 7.92. The Kier molecular flexibility index (Phi) is 4.18. The Morgan fingerprint density at radius 2 is 2.00 bits per heavy atom. The molecule has 1 N–H and O–H groups in total. The Morgan fingerprint density at radius 3 is 2.50 bits per heavy atom. The van der Waals surface area contributed by atoms with Gasteiger partial charge in [-0.2, -0.15) is 5.09 Å². The van der Waals surface area contributed by atoms with Gasteiger partial charge in [0, 0.05) is 13.5 Å². The molecule has 0 bridgehead atoms. The van der Waals surface area contributed by atoms with E-state index in [9.17, 15) is 9.36 Å². The zero-order valence-corrected chi connectivity index (χ0v) is 12.6. The highest BCUT2D eigenvalue weighted by molar-refractivity contribution is 7.52. The van der Waals surface area contributed by atoms with Gasteiger partial charge < -0.3 is 9.26 Å². The average Bonchev–Trinajstić information content (AvgIpc) is 2.63. The van der Waals surface area contributed by atoms with E-state index in [-0.39, 0.29) is 0 Å². The van der Waals surface area contributed by atoms with Gasteiger partial charge in [-0.1, -0.05) is 18.2 Å². The fourth-order valence-corrected chi connectivity index (χ4v) is 3.20. The van der Waals surface area contributed by atoms with Crippen LogP contribution in [0.15, 0.2) is 30.3 Å². The van der Waals surface area contributed by atoms with Crippen molar-refractivity contribution < 1.29 is 23.1 Å². The molecule has 20 heavy (non-hydrogen) atoms. The van der Waals surface area contributed by atoms with Crippen LogP contribution in [-0.2, 0) is 18.6 Å². The molecular formula is C13H18NO5P. The minimum atomic E-state index is -3.62. The van der Waals surface area contributed by atoms with Crippen LogP contribution in [0.2, 0.25) is 0 Å². The third-order valence-electron chi connectivity index (χ3n) is 2.88. The number of carbonyl (C=O) groups excluding carboxylic acids is 1. The highest BCUT2D eigenvalue weighted by Gasteiger charge is 2.44. The molecule has 0 aliphatic carbocycles. The van der Waals surface area contributed by atoms with Crippen LogP contribution in [0.3, 0.4) is 0 Å². The zero-order valence-electron chi connectivity index (χ0n) is 11.7. The molecule has 2 unspecified atom stereocenters. The lowest BCUT2D eigenvalue weighted by molar-refractivity contribution is -0.147. The minimum Gasteiger partial charge on any atom is -0.458 e. The van der Waals surface area contributed by atoms with E-state index in [2.05, 4.69) is 5.09 Å². The Bertz CT molecular complexity index is 531. The van der Waals surface area contributed by atoms with Crippen molar-refractivity contribution >= 4 is 13.7 Å². The normalized spacial score (nSPS) is 23.9. The van der Waals surface area contributed by atoms with E-state index in [4.69, 9.17) is 13.8 Å². The third-order valence-corrected chi connectivity index (χ3v) is 4.44. The third kappa shape index (κ3) is 3.60. The van der Waals surface area contributed by atoms with Crippen LogP contribution in [0.5, 0.6) is 5.75 Å². The number of rotatable bonds is 5. The van der Waals surface area contributed by atoms with Gasteiger partial charge in [-0.15, -0.1) is 0 Å². The van der Waals surface area contributed by atoms with E-state index in [1.807, 2.05) is 6.07 Å². The Morgan fingerprint density at radius 1 is 1.35 bits per heavy atom. The quantitative estimate of drug-likeness (QED) is 0.665. The number of cyclic esters (lactones) is 1. The van der Waals surface area contributed by atoms with Crippen molar-refractivity contribution in [2.75, 3.05) is 7.11 Å². The first-order valence-corrected chi connectivity index (χ1v) is 7.79. The summed E-state index contributed by atoms with van der Waals surface area (Å²) in [7, 11) is -2.35. The SMILES string of the molecule is COP(=O)(NC1CC(C)(C)OC1=O)Oc1ccccc1. The van der Waals surface area contributed by atoms with E-state index in [1.165, 1.54) is 7.11 Å². The molecule has 1 heterocycles. The summed E-state index contributed by atoms with van der Waals surface area (Å²) >= 11 is 0. The maximum atomic E-state index is 12.5. The fraction of sp³-hybridized carbons (Fsp3) is 0.462. The number of hydrogen-bond donors (Lipinski definition) is 1. The van der Waals surface area contributed by atoms with Gasteiger partial charge in [-0.3, -0.25) is 9.32 Å². The first kappa shape index (κ1) is 15.0. The van der Waals surface area contributed by atoms with Gasteiger partial charge in [0.25, 0.3) is 0 Å². The molecule has 1 aromatic rings. The number of ether oxygens (including phenoxy) is 1. The first-order chi connectivity index (χ1) is 9.34. The predicted octanol–water partition coefficient (Wildman–Crippen LogP) is 2.50. The van der Waals surface area contributed by atoms with E-state index < -0.39 is 25.4 Å². The molecule has 0 saturated carbocycles. The Balaban J connectivity index is 2.08. The van der Waals surface area contributed by atoms with E-state index in [0.717, 1.165) is 0 Å². The molecule has 0 aromatic heterocycles. The average molecular weight is 299 g/mol. The topological polar surface area (TPSA) is 73.9 Å². The van der Waals surface area contributed by atoms with Crippen molar-refractivity contribution in [3.63, 3.8) is 0 Å². The van der Waals surface area contributed by atoms with Crippen molar-refractivity contribution in [2.24, 2.45) is 0 Å². The smallest absolute Gasteiger partial charge is 0.458 e. The molecule has 0 radical (unpaired) electrons. The van der Waals surface area contributed by atoms with Crippen LogP contribution in [0.4, 0.5) is 0 Å². The van der Waals surface area contributed by atoms with Crippen LogP contribution in [0, 0.1) is 0 Å². The van der Waals surface area contributed by atoms with Crippen LogP contribution in [0.1, 0.15) is 20.3 Å². The second kappa shape index (κ2) is 5.56. The lowest BCUT2D eigenvalue weighted by Crippen LogP contribution is -2.32. The summed E-state index contributed by atoms with van der Waals surface area (Å²) in [5, 5.41) is 2.63. The number of esters is 1. The monoisotopic (exact) mass is 299 g/mol. The number of hydrogen-bond acceptors (Lipinski definition) is 5. The molecule has 6 nitrogen and oxygen atoms in total. The molecule has 1 aliphatic rings. The summed E-state index contributed by atoms with van der Waals surface area (Å²) in [5.41, 5.74) is -0.583. The number of carbonyl (C=O) groups is 1. The van der Waals surface area contributed by atoms with Crippen LogP contribution in [-0.4, -0.2) is 24.7 Å². The Labute approximate surface area is 118 Å². The number of nitrogens with one attached hydrogen (secondary N) is 1. The van der Waals surface area contributed by atoms with Crippen molar-refractivity contribution in [1.29, 1.82) is 0 Å². The van der Waals surface area contributed by atoms with E-state index in [0.29, 0.717) is 12.2 Å². The first-order valence-electron chi connectivity index (χ1n) is 6.25. The molecular weight excluding hydrogens is 281 g/mol. The molecule has 1 aromatic carbocycles. The van der Waals surface area contributed by atoms with Crippen molar-refractivity contribution in [3.8, 4) is 5.75 Å². The Hall–Kier alpha value is -1.36. The van der Waals surface area contributed by atoms with Crippen molar-refractivity contribution in [1.82, 2.24) is 5.09 Å². The van der Waals surface area contributed by atoms with E-state index >= 15 is 0 Å². The second-order valence-electron chi connectivity index (χ2n) is 5.15. The summed E-state index contributed by atoms with van der Waals surface area (Å²) in [4.78, 5) is 11.7. The fourth-order valence-electron chi connectivity index (χ4n) is 1.99. The van der Waals surface area contributed by atoms with Gasteiger partial charge in [0.1, 0.15) is 17.4 Å². The molecule has 1 aliphatic heterocycles. The maximum absolute atomic E-state index is 12.5. The molecule has 2 rings (SSSR count). The molecule has 110 valence electrons. The van der Waals surface area contributed by atoms with Gasteiger partial charge in [-0.25, -0.2) is 4.57 Å². The van der Waals surface area contributed by atoms with Gasteiger partial charge in [0.2, 0.25) is 0 Å². The maximum Gasteiger partial charge on any atom is 0.459 e. The van der Waals surface area contributed by atoms with E-state index in [1.54, 1.807) is 38.1 Å². The van der Waals surface area contributed by atoms with Crippen molar-refractivity contribution in [3.05, 3.63) is 30.3 Å². The predicted molar refractivity (Wildman–Crippen MR) is 73.4 cm³/mol. The molecule has 1 saturated heterocycles. The highest BCUT2D eigenvalue weighted by atomic mass is 31.2. The molecule has 7 heteroatoms. The van der Waals surface area contributed by atoms with Gasteiger partial charge >= 0.3 is 13.7 Å². The van der Waals surface area contributed by atoms with Crippen LogP contribution >= 0.6 is 7.75 Å². The standard InChI is InChI=1S/C13H18NO5P/c1-13(2)9-11(12(15)18-13)14-20(16,17-3)19-10-7-5-4-6-8-10/h4-8,11H,9H2,1-3H3,(H,14,16). The second-order valence-corrected chi connectivity index (χ2v) is 6.95. The summed E-state index contributed by atoms with van der Waals surface area (Å²) in [5.74, 6) is -0.0558. The molecule has 0 spiro atoms. The summed E-state index contributed by atoms with van der Waals surface area (Å²) < 4.78 is 27.9. The lowest BCUT2D eigenvalue weighted by atomic mass is 10.0. The molecule has 2 atom stereocenters. The molecule has 0 amide bonds. The largest absolute Gasteiger partial charge is 0.459 e. The number of benzene rings is 1. The van der Waals surface area contributed by atoms with Crippen LogP contribution in [0.25, 0.3) is 0 Å². The van der Waals surface area contributed by atoms with Crippen molar-refractivity contribution in [2.45, 2.75) is 31.9 Å². The highest BCUT2D eigenvalue weighted by Crippen LogP contribution is 2.45. The number of para-hydroxylation sites is 1. The summed E-state index contributed by atoms with van der Waals surface area (Å²) in [6.07, 6.45) is 0.400. The summed E-state index contributed by atoms with van der Waals surface area (Å²) in [6.45, 7) is 3.59. The van der Waals surface area contributed by atoms with Gasteiger partial charge in [0.15, 0.2) is 0 Å². The molecule has 1 fully saturated rings. The zero-order chi connectivity index (χ0) is 14.8.